The molecule has 1 aliphatic rings. The Labute approximate surface area is 162 Å². The lowest BCUT2D eigenvalue weighted by Crippen LogP contribution is -2.45. The van der Waals surface area contributed by atoms with Crippen molar-refractivity contribution in [3.05, 3.63) is 36.4 Å². The van der Waals surface area contributed by atoms with E-state index in [0.717, 1.165) is 54.3 Å². The van der Waals surface area contributed by atoms with Crippen molar-refractivity contribution in [1.82, 2.24) is 0 Å². The van der Waals surface area contributed by atoms with Gasteiger partial charge < -0.3 is 14.8 Å². The molecule has 0 bridgehead atoms. The van der Waals surface area contributed by atoms with Gasteiger partial charge in [0.15, 0.2) is 0 Å². The molecule has 0 heterocycles. The van der Waals surface area contributed by atoms with Crippen LogP contribution in [-0.2, 0) is 9.53 Å². The van der Waals surface area contributed by atoms with Crippen LogP contribution in [-0.4, -0.2) is 24.7 Å². The van der Waals surface area contributed by atoms with Gasteiger partial charge in [0.05, 0.1) is 6.61 Å². The monoisotopic (exact) mass is 369 g/mol. The van der Waals surface area contributed by atoms with Gasteiger partial charge in [-0.15, -0.1) is 0 Å². The molecule has 0 aliphatic heterocycles. The van der Waals surface area contributed by atoms with E-state index in [-0.39, 0.29) is 5.91 Å². The first-order valence-corrected chi connectivity index (χ1v) is 10.2. The van der Waals surface area contributed by atoms with Crippen LogP contribution in [0.2, 0.25) is 0 Å². The van der Waals surface area contributed by atoms with Crippen molar-refractivity contribution >= 4 is 22.4 Å². The van der Waals surface area contributed by atoms with Gasteiger partial charge in [0.25, 0.3) is 5.91 Å². The molecule has 1 N–H and O–H groups in total. The number of amides is 1. The number of ether oxygens (including phenoxy) is 2. The van der Waals surface area contributed by atoms with E-state index in [1.807, 2.05) is 43.3 Å². The molecule has 4 nitrogen and oxygen atoms in total. The standard InChI is InChI=1S/C23H31NO3/c1-4-6-16-26-21-14-13-20(18-9-7-8-10-19(18)21)24-22(25)23(3,17-11-12-17)27-15-5-2/h7-10,13-14,17H,4-6,11-12,15-16H2,1-3H3,(H,24,25)/t23-/m1/s1. The van der Waals surface area contributed by atoms with Gasteiger partial charge in [-0.05, 0) is 50.7 Å². The van der Waals surface area contributed by atoms with Crippen molar-refractivity contribution in [3.8, 4) is 5.75 Å². The third-order valence-electron chi connectivity index (χ3n) is 5.30. The number of hydrogen-bond donors (Lipinski definition) is 1. The largest absolute Gasteiger partial charge is 0.493 e. The minimum atomic E-state index is -0.757. The molecule has 27 heavy (non-hydrogen) atoms. The summed E-state index contributed by atoms with van der Waals surface area (Å²) in [4.78, 5) is 13.1. The van der Waals surface area contributed by atoms with Crippen LogP contribution in [0.1, 0.15) is 52.9 Å². The number of benzene rings is 2. The maximum Gasteiger partial charge on any atom is 0.256 e. The summed E-state index contributed by atoms with van der Waals surface area (Å²) < 4.78 is 12.0. The summed E-state index contributed by atoms with van der Waals surface area (Å²) in [7, 11) is 0. The van der Waals surface area contributed by atoms with Crippen LogP contribution in [0.4, 0.5) is 5.69 Å². The number of rotatable bonds is 10. The van der Waals surface area contributed by atoms with E-state index < -0.39 is 5.60 Å². The molecule has 0 radical (unpaired) electrons. The summed E-state index contributed by atoms with van der Waals surface area (Å²) in [5, 5.41) is 5.15. The minimum Gasteiger partial charge on any atom is -0.493 e. The van der Waals surface area contributed by atoms with Gasteiger partial charge in [-0.2, -0.15) is 0 Å². The van der Waals surface area contributed by atoms with E-state index >= 15 is 0 Å². The van der Waals surface area contributed by atoms with Crippen LogP contribution in [0.3, 0.4) is 0 Å². The first-order valence-electron chi connectivity index (χ1n) is 10.2. The molecule has 146 valence electrons. The highest BCUT2D eigenvalue weighted by molar-refractivity contribution is 6.06. The first-order chi connectivity index (χ1) is 13.1. The zero-order chi connectivity index (χ0) is 19.3. The molecule has 1 saturated carbocycles. The van der Waals surface area contributed by atoms with Crippen LogP contribution in [0.25, 0.3) is 10.8 Å². The Morgan fingerprint density at radius 3 is 2.48 bits per heavy atom. The van der Waals surface area contributed by atoms with Crippen molar-refractivity contribution in [1.29, 1.82) is 0 Å². The second kappa shape index (κ2) is 8.75. The Kier molecular flexibility index (Phi) is 6.38. The number of carbonyl (C=O) groups excluding carboxylic acids is 1. The topological polar surface area (TPSA) is 47.6 Å². The van der Waals surface area contributed by atoms with E-state index in [0.29, 0.717) is 19.1 Å². The zero-order valence-corrected chi connectivity index (χ0v) is 16.7. The van der Waals surface area contributed by atoms with E-state index in [4.69, 9.17) is 9.47 Å². The molecule has 1 aliphatic carbocycles. The summed E-state index contributed by atoms with van der Waals surface area (Å²) in [6, 6.07) is 11.9. The number of fused-ring (bicyclic) bond motifs is 1. The van der Waals surface area contributed by atoms with Gasteiger partial charge in [0, 0.05) is 23.1 Å². The number of anilines is 1. The predicted molar refractivity (Wildman–Crippen MR) is 110 cm³/mol. The smallest absolute Gasteiger partial charge is 0.256 e. The fourth-order valence-corrected chi connectivity index (χ4v) is 3.40. The van der Waals surface area contributed by atoms with Crippen LogP contribution in [0.15, 0.2) is 36.4 Å². The van der Waals surface area contributed by atoms with Crippen molar-refractivity contribution in [2.75, 3.05) is 18.5 Å². The van der Waals surface area contributed by atoms with Gasteiger partial charge in [0.1, 0.15) is 11.4 Å². The summed E-state index contributed by atoms with van der Waals surface area (Å²) in [6.07, 6.45) is 5.14. The fourth-order valence-electron chi connectivity index (χ4n) is 3.40. The Hall–Kier alpha value is -2.07. The van der Waals surface area contributed by atoms with Crippen molar-refractivity contribution in [2.45, 2.75) is 58.5 Å². The highest BCUT2D eigenvalue weighted by Gasteiger charge is 2.48. The molecule has 1 fully saturated rings. The van der Waals surface area contributed by atoms with Gasteiger partial charge in [-0.25, -0.2) is 0 Å². The van der Waals surface area contributed by atoms with Crippen LogP contribution < -0.4 is 10.1 Å². The first kappa shape index (κ1) is 19.7. The Balaban J connectivity index is 1.84. The number of unbranched alkanes of at least 4 members (excludes halogenated alkanes) is 1. The summed E-state index contributed by atoms with van der Waals surface area (Å²) in [5.41, 5.74) is 0.0540. The normalized spacial score (nSPS) is 16.1. The summed E-state index contributed by atoms with van der Waals surface area (Å²) >= 11 is 0. The average molecular weight is 370 g/mol. The molecule has 2 aromatic carbocycles. The van der Waals surface area contributed by atoms with Gasteiger partial charge in [0.2, 0.25) is 0 Å². The lowest BCUT2D eigenvalue weighted by molar-refractivity contribution is -0.142. The molecule has 0 saturated heterocycles. The van der Waals surface area contributed by atoms with Crippen molar-refractivity contribution in [3.63, 3.8) is 0 Å². The highest BCUT2D eigenvalue weighted by atomic mass is 16.5. The molecular weight excluding hydrogens is 338 g/mol. The highest BCUT2D eigenvalue weighted by Crippen LogP contribution is 2.43. The maximum atomic E-state index is 13.1. The van der Waals surface area contributed by atoms with E-state index in [2.05, 4.69) is 19.2 Å². The average Bonchev–Trinajstić information content (AvgIpc) is 3.53. The van der Waals surface area contributed by atoms with Gasteiger partial charge >= 0.3 is 0 Å². The number of carbonyl (C=O) groups is 1. The fraction of sp³-hybridized carbons (Fsp3) is 0.522. The van der Waals surface area contributed by atoms with Crippen molar-refractivity contribution in [2.24, 2.45) is 5.92 Å². The van der Waals surface area contributed by atoms with E-state index in [1.165, 1.54) is 0 Å². The number of hydrogen-bond acceptors (Lipinski definition) is 3. The van der Waals surface area contributed by atoms with Gasteiger partial charge in [-0.1, -0.05) is 44.5 Å². The Morgan fingerprint density at radius 2 is 1.81 bits per heavy atom. The zero-order valence-electron chi connectivity index (χ0n) is 16.7. The minimum absolute atomic E-state index is 0.0525. The Bertz CT molecular complexity index is 784. The third-order valence-corrected chi connectivity index (χ3v) is 5.30. The predicted octanol–water partition coefficient (Wildman–Crippen LogP) is 5.55. The van der Waals surface area contributed by atoms with Gasteiger partial charge in [-0.3, -0.25) is 4.79 Å². The lowest BCUT2D eigenvalue weighted by atomic mass is 9.98. The molecule has 0 spiro atoms. The van der Waals surface area contributed by atoms with Crippen LogP contribution in [0.5, 0.6) is 5.75 Å². The second-order valence-electron chi connectivity index (χ2n) is 7.54. The maximum absolute atomic E-state index is 13.1. The number of nitrogens with one attached hydrogen (secondary N) is 1. The Morgan fingerprint density at radius 1 is 1.07 bits per heavy atom. The molecule has 1 amide bonds. The second-order valence-corrected chi connectivity index (χ2v) is 7.54. The molecule has 3 rings (SSSR count). The lowest BCUT2D eigenvalue weighted by Gasteiger charge is -2.29. The van der Waals surface area contributed by atoms with Crippen LogP contribution >= 0.6 is 0 Å². The van der Waals surface area contributed by atoms with Crippen LogP contribution in [0, 0.1) is 5.92 Å². The summed E-state index contributed by atoms with van der Waals surface area (Å²) in [5.74, 6) is 1.12. The summed E-state index contributed by atoms with van der Waals surface area (Å²) in [6.45, 7) is 7.45. The third kappa shape index (κ3) is 4.44. The molecular formula is C23H31NO3. The SMILES string of the molecule is CCCCOc1ccc(NC(=O)[C@](C)(OCCC)C2CC2)c2ccccc12. The molecule has 4 heteroatoms. The molecule has 0 aromatic heterocycles. The molecule has 2 aromatic rings. The molecule has 1 atom stereocenters. The quantitative estimate of drug-likeness (QED) is 0.558. The van der Waals surface area contributed by atoms with E-state index in [9.17, 15) is 4.79 Å². The van der Waals surface area contributed by atoms with Crippen molar-refractivity contribution < 1.29 is 14.3 Å². The van der Waals surface area contributed by atoms with E-state index in [1.54, 1.807) is 0 Å². The molecule has 0 unspecified atom stereocenters.